The highest BCUT2D eigenvalue weighted by molar-refractivity contribution is 5.96. The summed E-state index contributed by atoms with van der Waals surface area (Å²) < 4.78 is 0. The third-order valence-electron chi connectivity index (χ3n) is 2.15. The molecule has 0 unspecified atom stereocenters. The van der Waals surface area contributed by atoms with E-state index in [2.05, 4.69) is 0 Å². The van der Waals surface area contributed by atoms with Gasteiger partial charge in [0.1, 0.15) is 5.76 Å². The molecule has 2 atom stereocenters. The van der Waals surface area contributed by atoms with Crippen molar-refractivity contribution in [1.29, 1.82) is 0 Å². The van der Waals surface area contributed by atoms with Crippen LogP contribution in [-0.2, 0) is 4.79 Å². The Morgan fingerprint density at radius 1 is 1.58 bits per heavy atom. The summed E-state index contributed by atoms with van der Waals surface area (Å²) in [6.45, 7) is 1.75. The van der Waals surface area contributed by atoms with Gasteiger partial charge in [0.2, 0.25) is 5.78 Å². The van der Waals surface area contributed by atoms with Gasteiger partial charge in [0.05, 0.1) is 12.0 Å². The highest BCUT2D eigenvalue weighted by Crippen LogP contribution is 2.29. The molecule has 0 aromatic rings. The van der Waals surface area contributed by atoms with E-state index in [4.69, 9.17) is 5.11 Å². The molecular weight excluding hydrogens is 160 g/mol. The van der Waals surface area contributed by atoms with E-state index in [9.17, 15) is 15.0 Å². The number of hydrogen-bond acceptors (Lipinski definition) is 4. The number of allylic oxidation sites excluding steroid dienone is 1. The van der Waals surface area contributed by atoms with Crippen LogP contribution in [0.3, 0.4) is 0 Å². The van der Waals surface area contributed by atoms with Crippen LogP contribution in [0.15, 0.2) is 11.5 Å². The van der Waals surface area contributed by atoms with Crippen LogP contribution in [0.4, 0.5) is 0 Å². The lowest BCUT2D eigenvalue weighted by Gasteiger charge is -2.14. The molecule has 0 aromatic carbocycles. The van der Waals surface area contributed by atoms with Crippen LogP contribution in [0.5, 0.6) is 0 Å². The van der Waals surface area contributed by atoms with Gasteiger partial charge in [-0.3, -0.25) is 4.79 Å². The predicted octanol–water partition coefficient (Wildman–Crippen LogP) is 0.674. The summed E-state index contributed by atoms with van der Waals surface area (Å²) in [5, 5.41) is 27.4. The van der Waals surface area contributed by atoms with Crippen molar-refractivity contribution < 1.29 is 20.1 Å². The first-order valence-corrected chi connectivity index (χ1v) is 3.91. The van der Waals surface area contributed by atoms with Gasteiger partial charge in [0.25, 0.3) is 0 Å². The topological polar surface area (TPSA) is 77.8 Å². The minimum absolute atomic E-state index is 0.00662. The van der Waals surface area contributed by atoms with Crippen LogP contribution in [0.25, 0.3) is 0 Å². The van der Waals surface area contributed by atoms with E-state index < -0.39 is 23.6 Å². The Kier molecular flexibility index (Phi) is 2.38. The van der Waals surface area contributed by atoms with Gasteiger partial charge in [-0.2, -0.15) is 0 Å². The number of aliphatic hydroxyl groups is 3. The maximum atomic E-state index is 10.8. The second-order valence-electron chi connectivity index (χ2n) is 2.94. The molecule has 0 aromatic heterocycles. The molecule has 4 heteroatoms. The van der Waals surface area contributed by atoms with Crippen molar-refractivity contribution in [3.8, 4) is 0 Å². The normalized spacial score (nSPS) is 26.5. The van der Waals surface area contributed by atoms with Crippen molar-refractivity contribution in [2.75, 3.05) is 0 Å². The Bertz CT molecular complexity index is 231. The van der Waals surface area contributed by atoms with Gasteiger partial charge < -0.3 is 15.3 Å². The Morgan fingerprint density at radius 2 is 2.17 bits per heavy atom. The van der Waals surface area contributed by atoms with Gasteiger partial charge in [-0.15, -0.1) is 0 Å². The number of ketones is 1. The fourth-order valence-corrected chi connectivity index (χ4v) is 1.31. The molecule has 0 radical (unpaired) electrons. The molecule has 68 valence electrons. The van der Waals surface area contributed by atoms with Gasteiger partial charge in [0, 0.05) is 6.42 Å². The summed E-state index contributed by atoms with van der Waals surface area (Å²) in [5.74, 6) is -2.06. The van der Waals surface area contributed by atoms with Crippen LogP contribution >= 0.6 is 0 Å². The lowest BCUT2D eigenvalue weighted by molar-refractivity contribution is -0.118. The van der Waals surface area contributed by atoms with E-state index in [0.717, 1.165) is 0 Å². The summed E-state index contributed by atoms with van der Waals surface area (Å²) in [6.07, 6.45) is -0.291. The van der Waals surface area contributed by atoms with E-state index >= 15 is 0 Å². The number of rotatable bonds is 2. The van der Waals surface area contributed by atoms with Crippen LogP contribution in [-0.4, -0.2) is 27.2 Å². The first-order chi connectivity index (χ1) is 5.57. The molecule has 1 rings (SSSR count). The molecule has 4 nitrogen and oxygen atoms in total. The van der Waals surface area contributed by atoms with E-state index in [0.29, 0.717) is 6.42 Å². The zero-order valence-corrected chi connectivity index (χ0v) is 6.82. The van der Waals surface area contributed by atoms with Crippen LogP contribution in [0.2, 0.25) is 0 Å². The fraction of sp³-hybridized carbons (Fsp3) is 0.625. The van der Waals surface area contributed by atoms with Crippen molar-refractivity contribution in [3.05, 3.63) is 11.5 Å². The minimum atomic E-state index is -0.751. The molecule has 0 fully saturated rings. The van der Waals surface area contributed by atoms with Crippen LogP contribution in [0, 0.1) is 5.92 Å². The zero-order chi connectivity index (χ0) is 9.30. The highest BCUT2D eigenvalue weighted by atomic mass is 16.3. The minimum Gasteiger partial charge on any atom is -0.508 e. The molecule has 0 bridgehead atoms. The zero-order valence-electron chi connectivity index (χ0n) is 6.82. The van der Waals surface area contributed by atoms with Gasteiger partial charge in [-0.05, 0) is 6.42 Å². The first-order valence-electron chi connectivity index (χ1n) is 3.91. The average molecular weight is 172 g/mol. The number of carbonyl (C=O) groups excluding carboxylic acids is 1. The van der Waals surface area contributed by atoms with Crippen LogP contribution < -0.4 is 0 Å². The molecule has 1 aliphatic carbocycles. The average Bonchev–Trinajstić information content (AvgIpc) is 2.32. The first kappa shape index (κ1) is 9.06. The summed E-state index contributed by atoms with van der Waals surface area (Å²) in [6, 6.07) is 0. The summed E-state index contributed by atoms with van der Waals surface area (Å²) in [5.41, 5.74) is 0. The third kappa shape index (κ3) is 1.30. The molecule has 3 N–H and O–H groups in total. The van der Waals surface area contributed by atoms with Gasteiger partial charge in [0.15, 0.2) is 5.76 Å². The molecule has 0 amide bonds. The predicted molar refractivity (Wildman–Crippen MR) is 41.7 cm³/mol. The number of hydrogen-bond donors (Lipinski definition) is 3. The van der Waals surface area contributed by atoms with E-state index in [1.54, 1.807) is 6.92 Å². The highest BCUT2D eigenvalue weighted by Gasteiger charge is 2.36. The second kappa shape index (κ2) is 3.15. The Labute approximate surface area is 70.1 Å². The number of aliphatic hydroxyl groups excluding tert-OH is 3. The van der Waals surface area contributed by atoms with Crippen molar-refractivity contribution >= 4 is 5.78 Å². The van der Waals surface area contributed by atoms with Crippen molar-refractivity contribution in [2.45, 2.75) is 25.9 Å². The Hall–Kier alpha value is -1.03. The Balaban J connectivity index is 2.80. The molecular formula is C8H12O4. The quantitative estimate of drug-likeness (QED) is 0.572. The smallest absolute Gasteiger partial charge is 0.201 e. The van der Waals surface area contributed by atoms with Crippen molar-refractivity contribution in [3.63, 3.8) is 0 Å². The van der Waals surface area contributed by atoms with Crippen molar-refractivity contribution in [2.24, 2.45) is 5.92 Å². The molecule has 0 heterocycles. The number of Topliss-reactive ketones (excluding diaryl/α,β-unsaturated/α-hetero) is 1. The molecule has 0 aliphatic heterocycles. The van der Waals surface area contributed by atoms with Crippen LogP contribution in [0.1, 0.15) is 19.8 Å². The molecule has 1 aliphatic rings. The SMILES string of the molecule is CC[C@H](O)[C@H]1CC(=O)C(O)=C1O. The molecule has 0 spiro atoms. The maximum absolute atomic E-state index is 10.8. The van der Waals surface area contributed by atoms with Gasteiger partial charge in [-0.25, -0.2) is 0 Å². The van der Waals surface area contributed by atoms with E-state index in [1.807, 2.05) is 0 Å². The lowest BCUT2D eigenvalue weighted by Crippen LogP contribution is -2.19. The lowest BCUT2D eigenvalue weighted by atomic mass is 9.98. The van der Waals surface area contributed by atoms with E-state index in [-0.39, 0.29) is 12.2 Å². The maximum Gasteiger partial charge on any atom is 0.201 e. The summed E-state index contributed by atoms with van der Waals surface area (Å²) in [4.78, 5) is 10.8. The largest absolute Gasteiger partial charge is 0.508 e. The standard InChI is InChI=1S/C8H12O4/c1-2-5(9)4-3-6(10)8(12)7(4)11/h4-5,9,11-12H,2-3H2,1H3/t4-,5+/m1/s1. The molecule has 0 saturated heterocycles. The Morgan fingerprint density at radius 3 is 2.50 bits per heavy atom. The molecule has 0 saturated carbocycles. The summed E-state index contributed by atoms with van der Waals surface area (Å²) >= 11 is 0. The number of carbonyl (C=O) groups is 1. The van der Waals surface area contributed by atoms with Crippen molar-refractivity contribution in [1.82, 2.24) is 0 Å². The monoisotopic (exact) mass is 172 g/mol. The van der Waals surface area contributed by atoms with Gasteiger partial charge in [-0.1, -0.05) is 6.92 Å². The second-order valence-corrected chi connectivity index (χ2v) is 2.94. The summed E-state index contributed by atoms with van der Waals surface area (Å²) in [7, 11) is 0. The molecule has 12 heavy (non-hydrogen) atoms. The fourth-order valence-electron chi connectivity index (χ4n) is 1.31. The van der Waals surface area contributed by atoms with Gasteiger partial charge >= 0.3 is 0 Å². The third-order valence-corrected chi connectivity index (χ3v) is 2.15. The van der Waals surface area contributed by atoms with E-state index in [1.165, 1.54) is 0 Å².